The number of amides is 4. The largest absolute Gasteiger partial charge is 0.444 e. The van der Waals surface area contributed by atoms with E-state index in [-0.39, 0.29) is 24.1 Å². The molecule has 0 bridgehead atoms. The van der Waals surface area contributed by atoms with E-state index in [0.717, 1.165) is 5.56 Å². The van der Waals surface area contributed by atoms with Crippen molar-refractivity contribution in [1.29, 1.82) is 0 Å². The van der Waals surface area contributed by atoms with Gasteiger partial charge in [0, 0.05) is 19.3 Å². The molecule has 0 radical (unpaired) electrons. The maximum atomic E-state index is 12.8. The molecule has 0 atom stereocenters. The van der Waals surface area contributed by atoms with E-state index in [1.807, 2.05) is 0 Å². The van der Waals surface area contributed by atoms with Gasteiger partial charge in [0.05, 0.1) is 11.3 Å². The van der Waals surface area contributed by atoms with Crippen molar-refractivity contribution in [2.75, 3.05) is 17.3 Å². The average Bonchev–Trinajstić information content (AvgIpc) is 3.18. The lowest BCUT2D eigenvalue weighted by Crippen LogP contribution is -2.30. The summed E-state index contributed by atoms with van der Waals surface area (Å²) in [5.41, 5.74) is 7.28. The fraction of sp³-hybridized carbons (Fsp3) is 0.0952. The highest BCUT2D eigenvalue weighted by Crippen LogP contribution is 2.23. The van der Waals surface area contributed by atoms with Crippen molar-refractivity contribution in [2.24, 2.45) is 5.73 Å². The highest BCUT2D eigenvalue weighted by atomic mass is 79.9. The number of hydrogen-bond acceptors (Lipinski definition) is 4. The van der Waals surface area contributed by atoms with Crippen molar-refractivity contribution in [3.8, 4) is 0 Å². The van der Waals surface area contributed by atoms with Crippen LogP contribution in [0.5, 0.6) is 0 Å². The van der Waals surface area contributed by atoms with Gasteiger partial charge in [-0.15, -0.1) is 0 Å². The molecule has 0 aliphatic carbocycles. The maximum Gasteiger partial charge on any atom is 0.316 e. The number of rotatable bonds is 6. The Morgan fingerprint density at radius 1 is 1.03 bits per heavy atom. The molecule has 9 heteroatoms. The number of benzene rings is 2. The van der Waals surface area contributed by atoms with Crippen molar-refractivity contribution in [1.82, 2.24) is 5.32 Å². The van der Waals surface area contributed by atoms with Crippen molar-refractivity contribution in [2.45, 2.75) is 6.54 Å². The topological polar surface area (TPSA) is 118 Å². The van der Waals surface area contributed by atoms with Gasteiger partial charge < -0.3 is 25.7 Å². The molecule has 3 aromatic rings. The van der Waals surface area contributed by atoms with Gasteiger partial charge in [-0.05, 0) is 57.9 Å². The Morgan fingerprint density at radius 3 is 2.37 bits per heavy atom. The Labute approximate surface area is 181 Å². The van der Waals surface area contributed by atoms with Gasteiger partial charge in [0.15, 0.2) is 10.4 Å². The Hall–Kier alpha value is -3.59. The van der Waals surface area contributed by atoms with Crippen LogP contribution < -0.4 is 21.3 Å². The van der Waals surface area contributed by atoms with Crippen LogP contribution in [0.3, 0.4) is 0 Å². The summed E-state index contributed by atoms with van der Waals surface area (Å²) in [5, 5.41) is 5.31. The normalized spacial score (nSPS) is 10.3. The molecule has 0 aliphatic rings. The number of urea groups is 1. The molecule has 0 unspecified atom stereocenters. The highest BCUT2D eigenvalue weighted by Gasteiger charge is 2.21. The predicted molar refractivity (Wildman–Crippen MR) is 116 cm³/mol. The molecule has 2 aromatic carbocycles. The van der Waals surface area contributed by atoms with E-state index in [4.69, 9.17) is 10.2 Å². The van der Waals surface area contributed by atoms with Gasteiger partial charge in [-0.1, -0.05) is 24.3 Å². The first-order valence-electron chi connectivity index (χ1n) is 8.91. The quantitative estimate of drug-likeness (QED) is 0.508. The third-order valence-electron chi connectivity index (χ3n) is 4.27. The van der Waals surface area contributed by atoms with Crippen LogP contribution in [0.1, 0.15) is 26.5 Å². The third-order valence-corrected chi connectivity index (χ3v) is 4.70. The Morgan fingerprint density at radius 2 is 1.73 bits per heavy atom. The van der Waals surface area contributed by atoms with Gasteiger partial charge in [-0.2, -0.15) is 0 Å². The number of nitrogens with one attached hydrogen (secondary N) is 2. The van der Waals surface area contributed by atoms with E-state index in [1.165, 1.54) is 4.90 Å². The van der Waals surface area contributed by atoms with E-state index in [9.17, 15) is 14.4 Å². The van der Waals surface area contributed by atoms with Gasteiger partial charge >= 0.3 is 6.03 Å². The molecule has 0 saturated carbocycles. The molecule has 4 N–H and O–H groups in total. The number of nitrogens with two attached hydrogens (primary N) is 1. The van der Waals surface area contributed by atoms with E-state index >= 15 is 0 Å². The molecular formula is C21H19BrN4O4. The van der Waals surface area contributed by atoms with Gasteiger partial charge in [0.1, 0.15) is 0 Å². The predicted octanol–water partition coefficient (Wildman–Crippen LogP) is 3.74. The number of nitrogens with zero attached hydrogens (tertiary/aromatic N) is 1. The molecule has 4 amide bonds. The molecule has 30 heavy (non-hydrogen) atoms. The summed E-state index contributed by atoms with van der Waals surface area (Å²) in [6.45, 7) is 0.271. The summed E-state index contributed by atoms with van der Waals surface area (Å²) in [6, 6.07) is 16.3. The zero-order valence-corrected chi connectivity index (χ0v) is 17.6. The zero-order chi connectivity index (χ0) is 21.7. The van der Waals surface area contributed by atoms with Crippen molar-refractivity contribution >= 4 is 45.2 Å². The molecule has 0 spiro atoms. The van der Waals surface area contributed by atoms with Crippen molar-refractivity contribution in [3.05, 3.63) is 82.2 Å². The first-order valence-corrected chi connectivity index (χ1v) is 9.70. The summed E-state index contributed by atoms with van der Waals surface area (Å²) in [4.78, 5) is 37.7. The number of primary amides is 1. The molecule has 3 rings (SSSR count). The second-order valence-corrected chi connectivity index (χ2v) is 7.14. The van der Waals surface area contributed by atoms with Gasteiger partial charge in [0.25, 0.3) is 11.8 Å². The molecular weight excluding hydrogens is 452 g/mol. The van der Waals surface area contributed by atoms with Gasteiger partial charge in [0.2, 0.25) is 0 Å². The van der Waals surface area contributed by atoms with Crippen molar-refractivity contribution in [3.63, 3.8) is 0 Å². The molecule has 0 fully saturated rings. The van der Waals surface area contributed by atoms with Crippen molar-refractivity contribution < 1.29 is 18.8 Å². The minimum atomic E-state index is -0.645. The molecule has 1 heterocycles. The van der Waals surface area contributed by atoms with Crippen LogP contribution in [0.4, 0.5) is 16.2 Å². The van der Waals surface area contributed by atoms with Crippen LogP contribution in [-0.4, -0.2) is 24.9 Å². The summed E-state index contributed by atoms with van der Waals surface area (Å²) < 4.78 is 5.76. The fourth-order valence-corrected chi connectivity index (χ4v) is 3.09. The Bertz CT molecular complexity index is 1080. The first-order chi connectivity index (χ1) is 14.3. The number of carbonyl (C=O) groups excluding carboxylic acids is 3. The third kappa shape index (κ3) is 5.06. The zero-order valence-electron chi connectivity index (χ0n) is 16.0. The van der Waals surface area contributed by atoms with Crippen LogP contribution >= 0.6 is 15.9 Å². The van der Waals surface area contributed by atoms with Crippen LogP contribution in [0.15, 0.2) is 69.8 Å². The van der Waals surface area contributed by atoms with Gasteiger partial charge in [-0.25, -0.2) is 4.79 Å². The summed E-state index contributed by atoms with van der Waals surface area (Å²) in [6.07, 6.45) is 0. The number of anilines is 2. The maximum absolute atomic E-state index is 12.8. The SMILES string of the molecule is CN(C(=O)c1ccc(Br)o1)c1ccccc1C(=O)NCc1ccc(NC(N)=O)cc1. The second-order valence-electron chi connectivity index (χ2n) is 6.35. The standard InChI is InChI=1S/C21H19BrN4O4/c1-26(20(28)17-10-11-18(22)30-17)16-5-3-2-4-15(16)19(27)24-12-13-6-8-14(9-7-13)25-21(23)29/h2-11H,12H2,1H3,(H,24,27)(H3,23,25,29). The number of halogens is 1. The Kier molecular flexibility index (Phi) is 6.53. The minimum absolute atomic E-state index is 0.157. The lowest BCUT2D eigenvalue weighted by Gasteiger charge is -2.19. The molecule has 154 valence electrons. The number of para-hydroxylation sites is 1. The van der Waals surface area contributed by atoms with Gasteiger partial charge in [-0.3, -0.25) is 9.59 Å². The van der Waals surface area contributed by atoms with Crippen LogP contribution in [-0.2, 0) is 6.54 Å². The highest BCUT2D eigenvalue weighted by molar-refractivity contribution is 9.10. The summed E-state index contributed by atoms with van der Waals surface area (Å²) in [7, 11) is 1.58. The number of hydrogen-bond donors (Lipinski definition) is 3. The first kappa shape index (κ1) is 21.1. The molecule has 1 aromatic heterocycles. The van der Waals surface area contributed by atoms with Crippen LogP contribution in [0.25, 0.3) is 0 Å². The van der Waals surface area contributed by atoms with E-state index < -0.39 is 6.03 Å². The smallest absolute Gasteiger partial charge is 0.316 e. The van der Waals surface area contributed by atoms with E-state index in [0.29, 0.717) is 21.6 Å². The monoisotopic (exact) mass is 470 g/mol. The molecule has 0 aliphatic heterocycles. The lowest BCUT2D eigenvalue weighted by atomic mass is 10.1. The summed E-state index contributed by atoms with van der Waals surface area (Å²) in [5.74, 6) is -0.548. The van der Waals surface area contributed by atoms with Crippen LogP contribution in [0.2, 0.25) is 0 Å². The number of furan rings is 1. The average molecular weight is 471 g/mol. The lowest BCUT2D eigenvalue weighted by molar-refractivity contribution is 0.0951. The Balaban J connectivity index is 1.71. The fourth-order valence-electron chi connectivity index (χ4n) is 2.79. The second kappa shape index (κ2) is 9.27. The summed E-state index contributed by atoms with van der Waals surface area (Å²) >= 11 is 3.17. The minimum Gasteiger partial charge on any atom is -0.444 e. The van der Waals surface area contributed by atoms with E-state index in [2.05, 4.69) is 26.6 Å². The molecule has 8 nitrogen and oxygen atoms in total. The number of carbonyl (C=O) groups is 3. The van der Waals surface area contributed by atoms with E-state index in [1.54, 1.807) is 67.7 Å². The molecule has 0 saturated heterocycles. The van der Waals surface area contributed by atoms with Crippen LogP contribution in [0, 0.1) is 0 Å².